The average molecular weight is 260 g/mol. The molecule has 2 atom stereocenters. The van der Waals surface area contributed by atoms with E-state index in [0.717, 1.165) is 19.1 Å². The van der Waals surface area contributed by atoms with Gasteiger partial charge in [0, 0.05) is 6.54 Å². The molecule has 1 saturated heterocycles. The highest BCUT2D eigenvalue weighted by Crippen LogP contribution is 2.05. The minimum Gasteiger partial charge on any atom is -0.346 e. The minimum absolute atomic E-state index is 0.0657. The second-order valence-electron chi connectivity index (χ2n) is 3.72. The normalized spacial score (nSPS) is 19.8. The quantitative estimate of drug-likeness (QED) is 0.400. The van der Waals surface area contributed by atoms with Crippen LogP contribution in [0.5, 0.6) is 0 Å². The van der Waals surface area contributed by atoms with Crippen molar-refractivity contribution in [1.82, 2.24) is 20.8 Å². The molecule has 1 fully saturated rings. The van der Waals surface area contributed by atoms with E-state index >= 15 is 0 Å². The molecule has 0 bridgehead atoms. The molecule has 0 spiro atoms. The summed E-state index contributed by atoms with van der Waals surface area (Å²) >= 11 is 0. The highest BCUT2D eigenvalue weighted by Gasteiger charge is 2.22. The number of nitrogens with one attached hydrogen (secondary N) is 3. The predicted octanol–water partition coefficient (Wildman–Crippen LogP) is -1.82. The van der Waals surface area contributed by atoms with Crippen LogP contribution in [0, 0.1) is 0 Å². The first-order chi connectivity index (χ1) is 8.17. The van der Waals surface area contributed by atoms with Crippen molar-refractivity contribution >= 4 is 27.5 Å². The predicted molar refractivity (Wildman–Crippen MR) is 64.7 cm³/mol. The van der Waals surface area contributed by atoms with E-state index in [-0.39, 0.29) is 30.9 Å². The summed E-state index contributed by atoms with van der Waals surface area (Å²) in [4.78, 5) is 33.4. The maximum absolute atomic E-state index is 11.7. The van der Waals surface area contributed by atoms with Gasteiger partial charge in [-0.1, -0.05) is 9.39 Å². The third kappa shape index (κ3) is 4.77. The topological polar surface area (TPSA) is 90.5 Å². The first kappa shape index (κ1) is 14.0. The van der Waals surface area contributed by atoms with E-state index in [2.05, 4.69) is 25.2 Å². The number of nitrogens with zero attached hydrogens (tertiary/aromatic N) is 1. The van der Waals surface area contributed by atoms with E-state index in [1.54, 1.807) is 0 Å². The Bertz CT molecular complexity index is 300. The lowest BCUT2D eigenvalue weighted by Gasteiger charge is -2.31. The van der Waals surface area contributed by atoms with Gasteiger partial charge in [0.25, 0.3) is 5.91 Å². The van der Waals surface area contributed by atoms with Crippen molar-refractivity contribution in [2.24, 2.45) is 0 Å². The van der Waals surface area contributed by atoms with Crippen LogP contribution in [0.1, 0.15) is 12.8 Å². The summed E-state index contributed by atoms with van der Waals surface area (Å²) in [6.45, 7) is 0.632. The molecule has 96 valence electrons. The Morgan fingerprint density at radius 1 is 1.47 bits per heavy atom. The second kappa shape index (κ2) is 7.32. The molecule has 17 heavy (non-hydrogen) atoms. The SMILES string of the molecule is O=CC1CCCN(C(=O)CNC(=O)CNP)N1. The number of hydrazine groups is 1. The summed E-state index contributed by atoms with van der Waals surface area (Å²) in [6.07, 6.45) is 2.30. The lowest BCUT2D eigenvalue weighted by molar-refractivity contribution is -0.138. The van der Waals surface area contributed by atoms with E-state index in [9.17, 15) is 14.4 Å². The Morgan fingerprint density at radius 2 is 2.24 bits per heavy atom. The Labute approximate surface area is 102 Å². The van der Waals surface area contributed by atoms with Gasteiger partial charge < -0.3 is 10.1 Å². The average Bonchev–Trinajstić information content (AvgIpc) is 2.36. The third-order valence-corrected chi connectivity index (χ3v) is 2.59. The van der Waals surface area contributed by atoms with Crippen molar-refractivity contribution in [1.29, 1.82) is 0 Å². The summed E-state index contributed by atoms with van der Waals surface area (Å²) in [5, 5.41) is 6.47. The molecule has 0 saturated carbocycles. The Morgan fingerprint density at radius 3 is 2.88 bits per heavy atom. The fraction of sp³-hybridized carbons (Fsp3) is 0.667. The second-order valence-corrected chi connectivity index (χ2v) is 4.13. The molecule has 0 aromatic rings. The highest BCUT2D eigenvalue weighted by molar-refractivity contribution is 7.13. The fourth-order valence-corrected chi connectivity index (χ4v) is 1.70. The summed E-state index contributed by atoms with van der Waals surface area (Å²) in [5.74, 6) is -0.494. The van der Waals surface area contributed by atoms with Crippen molar-refractivity contribution in [3.63, 3.8) is 0 Å². The monoisotopic (exact) mass is 260 g/mol. The van der Waals surface area contributed by atoms with Crippen LogP contribution in [0.3, 0.4) is 0 Å². The standard InChI is InChI=1S/C9H17N4O3P/c14-6-7-2-1-3-13(12-7)9(16)5-10-8(15)4-11-17/h6-7,11-12H,1-5,17H2,(H,10,15). The zero-order chi connectivity index (χ0) is 12.7. The number of rotatable bonds is 5. The van der Waals surface area contributed by atoms with E-state index < -0.39 is 0 Å². The van der Waals surface area contributed by atoms with Crippen LogP contribution < -0.4 is 15.8 Å². The smallest absolute Gasteiger partial charge is 0.256 e. The van der Waals surface area contributed by atoms with Crippen LogP contribution in [-0.4, -0.2) is 48.8 Å². The summed E-state index contributed by atoms with van der Waals surface area (Å²) in [7, 11) is 2.21. The van der Waals surface area contributed by atoms with Gasteiger partial charge in [0.15, 0.2) is 0 Å². The number of carbonyl (C=O) groups excluding carboxylic acids is 3. The van der Waals surface area contributed by atoms with Crippen molar-refractivity contribution in [3.05, 3.63) is 0 Å². The Hall–Kier alpha value is -1.04. The number of amides is 2. The van der Waals surface area contributed by atoms with Gasteiger partial charge in [-0.3, -0.25) is 19.7 Å². The molecule has 3 N–H and O–H groups in total. The summed E-state index contributed by atoms with van der Waals surface area (Å²) in [6, 6.07) is -0.308. The lowest BCUT2D eigenvalue weighted by Crippen LogP contribution is -2.55. The number of carbonyl (C=O) groups is 3. The van der Waals surface area contributed by atoms with Crippen molar-refractivity contribution in [2.75, 3.05) is 19.6 Å². The van der Waals surface area contributed by atoms with Gasteiger partial charge in [-0.05, 0) is 12.8 Å². The summed E-state index contributed by atoms with van der Waals surface area (Å²) in [5.41, 5.74) is 2.80. The largest absolute Gasteiger partial charge is 0.346 e. The number of aldehydes is 1. The van der Waals surface area contributed by atoms with Gasteiger partial charge in [-0.25, -0.2) is 5.43 Å². The fourth-order valence-electron chi connectivity index (χ4n) is 1.52. The lowest BCUT2D eigenvalue weighted by atomic mass is 10.1. The van der Waals surface area contributed by atoms with Crippen molar-refractivity contribution in [3.8, 4) is 0 Å². The van der Waals surface area contributed by atoms with Crippen LogP contribution in [0.4, 0.5) is 0 Å². The Balaban J connectivity index is 2.31. The Kier molecular flexibility index (Phi) is 6.04. The number of hydrogen-bond donors (Lipinski definition) is 3. The number of hydrogen-bond acceptors (Lipinski definition) is 5. The third-order valence-electron chi connectivity index (χ3n) is 2.38. The molecular weight excluding hydrogens is 243 g/mol. The maximum Gasteiger partial charge on any atom is 0.256 e. The van der Waals surface area contributed by atoms with Crippen LogP contribution in [0.2, 0.25) is 0 Å². The molecule has 7 nitrogen and oxygen atoms in total. The van der Waals surface area contributed by atoms with Crippen LogP contribution >= 0.6 is 9.39 Å². The molecule has 1 aliphatic heterocycles. The molecule has 0 radical (unpaired) electrons. The molecule has 1 rings (SSSR count). The van der Waals surface area contributed by atoms with E-state index in [1.165, 1.54) is 5.01 Å². The zero-order valence-electron chi connectivity index (χ0n) is 9.44. The van der Waals surface area contributed by atoms with Crippen molar-refractivity contribution in [2.45, 2.75) is 18.9 Å². The molecule has 8 heteroatoms. The minimum atomic E-state index is -0.308. The van der Waals surface area contributed by atoms with Gasteiger partial charge in [-0.15, -0.1) is 0 Å². The molecule has 0 aliphatic carbocycles. The van der Waals surface area contributed by atoms with E-state index in [1.807, 2.05) is 0 Å². The van der Waals surface area contributed by atoms with Crippen LogP contribution in [0.25, 0.3) is 0 Å². The maximum atomic E-state index is 11.7. The van der Waals surface area contributed by atoms with Crippen LogP contribution in [0.15, 0.2) is 0 Å². The highest BCUT2D eigenvalue weighted by atomic mass is 31.0. The molecule has 1 aliphatic rings. The molecule has 0 aromatic heterocycles. The van der Waals surface area contributed by atoms with Gasteiger partial charge in [0.1, 0.15) is 6.29 Å². The molecule has 1 heterocycles. The van der Waals surface area contributed by atoms with Crippen molar-refractivity contribution < 1.29 is 14.4 Å². The summed E-state index contributed by atoms with van der Waals surface area (Å²) < 4.78 is 0. The molecule has 2 amide bonds. The van der Waals surface area contributed by atoms with Gasteiger partial charge in [0.2, 0.25) is 5.91 Å². The van der Waals surface area contributed by atoms with Gasteiger partial charge in [0.05, 0.1) is 19.1 Å². The van der Waals surface area contributed by atoms with Gasteiger partial charge in [-0.2, -0.15) is 0 Å². The van der Waals surface area contributed by atoms with Gasteiger partial charge >= 0.3 is 0 Å². The first-order valence-electron chi connectivity index (χ1n) is 5.39. The first-order valence-corrected chi connectivity index (χ1v) is 5.97. The van der Waals surface area contributed by atoms with E-state index in [0.29, 0.717) is 6.54 Å². The molecule has 0 aromatic carbocycles. The van der Waals surface area contributed by atoms with Crippen LogP contribution in [-0.2, 0) is 14.4 Å². The zero-order valence-corrected chi connectivity index (χ0v) is 10.6. The molecular formula is C9H17N4O3P. The van der Waals surface area contributed by atoms with E-state index in [4.69, 9.17) is 0 Å². The molecule has 2 unspecified atom stereocenters.